The standard InChI is InChI=1S/C50H53N9O21P2/c51-44(67)26-5-4-16-58(20-26)48-42(65)40(63)35(78-48)21-75-81(71,72)80-82(73,74)76-22-36-41(64)43(66)49(79-36)59-24-57-39-45(55-23-56-46(39)59)53-15-14-52-37(62)6-2-1-3-13-54-47(68)25-7-10-29(32(17-25)50(69)70)38-30-11-8-27(60)18-33(30)77-34-19-28(61)9-12-31(34)38/h4-5,7-12,16-20,23-24,35-36,40-43,48-49,63-66H,1-3,6,13-15,21-22H2,(H8-,51,52,53,54,55,56,60,61,62,67,68,69,70,71,72,73,74)/p+1. The zero-order valence-electron chi connectivity index (χ0n) is 42.7. The van der Waals surface area contributed by atoms with Gasteiger partial charge in [0.05, 0.1) is 25.1 Å². The number of carbonyl (C=O) groups is 4. The number of nitrogens with one attached hydrogen (secondary N) is 3. The zero-order chi connectivity index (χ0) is 58.6. The average molecular weight is 1180 g/mol. The number of hydrogen-bond acceptors (Lipinski definition) is 22. The monoisotopic (exact) mass is 1180 g/mol. The number of rotatable bonds is 24. The van der Waals surface area contributed by atoms with Crippen LogP contribution >= 0.6 is 15.6 Å². The fourth-order valence-corrected chi connectivity index (χ4v) is 11.4. The Morgan fingerprint density at radius 3 is 2.26 bits per heavy atom. The van der Waals surface area contributed by atoms with E-state index in [9.17, 15) is 73.5 Å². The van der Waals surface area contributed by atoms with E-state index in [1.165, 1.54) is 94.8 Å². The number of phosphoric ester groups is 2. The second-order valence-corrected chi connectivity index (χ2v) is 21.9. The van der Waals surface area contributed by atoms with Crippen molar-refractivity contribution < 1.29 is 101 Å². The first-order valence-electron chi connectivity index (χ1n) is 25.1. The van der Waals surface area contributed by atoms with Gasteiger partial charge in [0.1, 0.15) is 59.5 Å². The summed E-state index contributed by atoms with van der Waals surface area (Å²) >= 11 is 0. The van der Waals surface area contributed by atoms with Gasteiger partial charge >= 0.3 is 21.6 Å². The summed E-state index contributed by atoms with van der Waals surface area (Å²) in [6, 6.07) is 15.6. The molecule has 2 saturated heterocycles. The van der Waals surface area contributed by atoms with E-state index < -0.39 is 95.7 Å². The van der Waals surface area contributed by atoms with Crippen LogP contribution in [0.4, 0.5) is 5.82 Å². The van der Waals surface area contributed by atoms with Gasteiger partial charge in [0, 0.05) is 66.3 Å². The first kappa shape index (κ1) is 59.0. The van der Waals surface area contributed by atoms with Crippen LogP contribution in [0.2, 0.25) is 0 Å². The largest absolute Gasteiger partial charge is 0.508 e. The van der Waals surface area contributed by atoms with Gasteiger partial charge in [0.2, 0.25) is 5.91 Å². The van der Waals surface area contributed by atoms with E-state index in [0.29, 0.717) is 35.8 Å². The highest BCUT2D eigenvalue weighted by molar-refractivity contribution is 7.61. The Labute approximate surface area is 462 Å². The van der Waals surface area contributed by atoms with Crippen LogP contribution in [0, 0.1) is 0 Å². The number of phenols is 1. The predicted octanol–water partition coefficient (Wildman–Crippen LogP) is 1.20. The van der Waals surface area contributed by atoms with Crippen molar-refractivity contribution in [3.8, 4) is 28.2 Å². The van der Waals surface area contributed by atoms with Gasteiger partial charge < -0.3 is 76.0 Å². The van der Waals surface area contributed by atoms with Crippen LogP contribution in [0.1, 0.15) is 69.2 Å². The summed E-state index contributed by atoms with van der Waals surface area (Å²) in [5.41, 5.74) is 6.63. The second kappa shape index (κ2) is 24.8. The number of ether oxygens (including phenoxy) is 2. The Morgan fingerprint density at radius 1 is 0.780 bits per heavy atom. The average Bonchev–Trinajstić information content (AvgIpc) is 2.46. The molecule has 6 heterocycles. The molecule has 2 fully saturated rings. The minimum atomic E-state index is -5.49. The number of hydrogen-bond donors (Lipinski definition) is 12. The maximum atomic E-state index is 13.2. The number of aliphatic hydroxyl groups excluding tert-OH is 4. The van der Waals surface area contributed by atoms with Gasteiger partial charge in [-0.1, -0.05) is 12.5 Å². The molecule has 1 aliphatic carbocycles. The first-order chi connectivity index (χ1) is 39.1. The Kier molecular flexibility index (Phi) is 17.8. The summed E-state index contributed by atoms with van der Waals surface area (Å²) in [5, 5.41) is 72.2. The maximum absolute atomic E-state index is 13.2. The summed E-state index contributed by atoms with van der Waals surface area (Å²) < 4.78 is 59.0. The molecule has 30 nitrogen and oxygen atoms in total. The number of phosphoric acid groups is 2. The highest BCUT2D eigenvalue weighted by atomic mass is 31.3. The molecule has 0 saturated carbocycles. The molecule has 0 spiro atoms. The molecule has 32 heteroatoms. The van der Waals surface area contributed by atoms with Crippen LogP contribution in [-0.2, 0) is 36.8 Å². The number of aliphatic hydroxyl groups is 4. The van der Waals surface area contributed by atoms with E-state index in [2.05, 4.69) is 35.2 Å². The molecule has 2 aromatic carbocycles. The molecular weight excluding hydrogens is 1120 g/mol. The number of nitrogens with zero attached hydrogens (tertiary/aromatic N) is 5. The number of aromatic hydroxyl groups is 1. The van der Waals surface area contributed by atoms with Gasteiger partial charge in [-0.2, -0.15) is 8.88 Å². The second-order valence-electron chi connectivity index (χ2n) is 18.9. The summed E-state index contributed by atoms with van der Waals surface area (Å²) in [7, 11) is -11.0. The van der Waals surface area contributed by atoms with Crippen molar-refractivity contribution in [3.63, 3.8) is 0 Å². The fraction of sp³-hybridized carbons (Fsp3) is 0.340. The molecule has 13 N–H and O–H groups in total. The van der Waals surface area contributed by atoms with Crippen LogP contribution in [0.15, 0.2) is 101 Å². The number of carboxylic acid groups (broad SMARTS) is 1. The van der Waals surface area contributed by atoms with E-state index >= 15 is 0 Å². The molecule has 10 atom stereocenters. The number of nitrogens with two attached hydrogens (primary N) is 1. The number of pyridine rings is 1. The zero-order valence-corrected chi connectivity index (χ0v) is 44.5. The van der Waals surface area contributed by atoms with Gasteiger partial charge in [-0.15, -0.1) is 0 Å². The van der Waals surface area contributed by atoms with Crippen molar-refractivity contribution in [1.82, 2.24) is 30.2 Å². The maximum Gasteiger partial charge on any atom is 0.481 e. The van der Waals surface area contributed by atoms with E-state index in [0.717, 1.165) is 0 Å². The molecule has 3 amide bonds. The van der Waals surface area contributed by atoms with Gasteiger partial charge in [-0.05, 0) is 60.9 Å². The number of amides is 3. The number of aromatic carboxylic acids is 1. The van der Waals surface area contributed by atoms with E-state index in [-0.39, 0.29) is 93.7 Å². The van der Waals surface area contributed by atoms with Crippen molar-refractivity contribution in [2.45, 2.75) is 74.8 Å². The number of anilines is 1. The number of aromatic nitrogens is 5. The van der Waals surface area contributed by atoms with Crippen molar-refractivity contribution in [3.05, 3.63) is 119 Å². The van der Waals surface area contributed by atoms with E-state index in [1.807, 2.05) is 0 Å². The third-order valence-electron chi connectivity index (χ3n) is 13.3. The molecule has 4 aliphatic rings. The Hall–Kier alpha value is -7.67. The molecule has 3 aromatic heterocycles. The van der Waals surface area contributed by atoms with E-state index in [1.54, 1.807) is 6.07 Å². The molecule has 5 aromatic rings. The van der Waals surface area contributed by atoms with Gasteiger partial charge in [0.15, 0.2) is 47.1 Å². The summed E-state index contributed by atoms with van der Waals surface area (Å²) in [6.07, 6.45) is -5.68. The third kappa shape index (κ3) is 13.3. The Bertz CT molecular complexity index is 3680. The molecule has 0 radical (unpaired) electrons. The summed E-state index contributed by atoms with van der Waals surface area (Å²) in [6.45, 7) is -1.32. The predicted molar refractivity (Wildman–Crippen MR) is 280 cm³/mol. The normalized spacial score (nSPS) is 22.2. The molecule has 434 valence electrons. The third-order valence-corrected chi connectivity index (χ3v) is 15.9. The lowest BCUT2D eigenvalue weighted by Crippen LogP contribution is -2.46. The number of fused-ring (bicyclic) bond motifs is 3. The molecule has 82 heavy (non-hydrogen) atoms. The molecule has 9 rings (SSSR count). The van der Waals surface area contributed by atoms with Crippen molar-refractivity contribution in [2.24, 2.45) is 5.73 Å². The molecular formula is C50H54N9O21P2+. The van der Waals surface area contributed by atoms with Crippen molar-refractivity contribution in [1.29, 1.82) is 0 Å². The number of benzene rings is 3. The lowest BCUT2D eigenvalue weighted by atomic mass is 9.90. The summed E-state index contributed by atoms with van der Waals surface area (Å²) in [4.78, 5) is 95.4. The molecule has 10 unspecified atom stereocenters. The van der Waals surface area contributed by atoms with Crippen LogP contribution in [0.3, 0.4) is 0 Å². The van der Waals surface area contributed by atoms with Crippen LogP contribution in [-0.4, -0.2) is 153 Å². The minimum absolute atomic E-state index is 0.0436. The number of carbonyl (C=O) groups excluding carboxylic acids is 3. The SMILES string of the molecule is NC(=O)c1ccc[n+](C2OC(COP(=O)(O)OP(=O)(O)OCC3OC(n4cnc5c(NCCNC(=O)CCCCCNC(=O)c6ccc(-c7c8ccc(=O)cc-8oc8cc(O)ccc78)c(C(=O)O)c6)ncnc54)C(O)C3O)C(O)C2O)c1. The number of carboxylic acids is 1. The highest BCUT2D eigenvalue weighted by Crippen LogP contribution is 2.61. The van der Waals surface area contributed by atoms with Gasteiger partial charge in [-0.25, -0.2) is 28.9 Å². The number of primary amides is 1. The smallest absolute Gasteiger partial charge is 0.481 e. The number of unbranched alkanes of at least 4 members (excludes halogenated alkanes) is 2. The van der Waals surface area contributed by atoms with Crippen molar-refractivity contribution >= 4 is 67.3 Å². The highest BCUT2D eigenvalue weighted by Gasteiger charge is 2.50. The van der Waals surface area contributed by atoms with Crippen molar-refractivity contribution in [2.75, 3.05) is 38.2 Å². The fourth-order valence-electron chi connectivity index (χ4n) is 9.28. The number of phenolic OH excluding ortho intramolecular Hbond substituents is 1. The Morgan fingerprint density at radius 2 is 1.51 bits per heavy atom. The van der Waals surface area contributed by atoms with Crippen LogP contribution in [0.25, 0.3) is 44.6 Å². The minimum Gasteiger partial charge on any atom is -0.508 e. The lowest BCUT2D eigenvalue weighted by Gasteiger charge is -2.20. The Balaban J connectivity index is 0.693. The first-order valence-corrected chi connectivity index (χ1v) is 28.1. The number of imidazole rings is 1. The van der Waals surface area contributed by atoms with E-state index in [4.69, 9.17) is 28.7 Å². The quantitative estimate of drug-likeness (QED) is 0.0175. The summed E-state index contributed by atoms with van der Waals surface area (Å²) in [5.74, 6) is -2.52. The molecule has 3 aliphatic heterocycles. The lowest BCUT2D eigenvalue weighted by molar-refractivity contribution is -0.765. The van der Waals surface area contributed by atoms with Gasteiger partial charge in [-0.3, -0.25) is 32.8 Å². The topological polar surface area (TPSA) is 450 Å². The van der Waals surface area contributed by atoms with Crippen LogP contribution < -0.4 is 31.7 Å². The van der Waals surface area contributed by atoms with Gasteiger partial charge in [0.25, 0.3) is 18.0 Å². The molecule has 0 bridgehead atoms. The van der Waals surface area contributed by atoms with Crippen LogP contribution in [0.5, 0.6) is 5.75 Å².